The predicted molar refractivity (Wildman–Crippen MR) is 85.1 cm³/mol. The molecule has 0 atom stereocenters. The van der Waals surface area contributed by atoms with Crippen molar-refractivity contribution >= 4 is 16.6 Å². The topological polar surface area (TPSA) is 28.2 Å². The van der Waals surface area contributed by atoms with E-state index in [-0.39, 0.29) is 0 Å². The summed E-state index contributed by atoms with van der Waals surface area (Å²) in [4.78, 5) is 7.26. The summed E-state index contributed by atoms with van der Waals surface area (Å²) in [5.74, 6) is 1.12. The highest BCUT2D eigenvalue weighted by atomic mass is 15.2. The first-order valence-electron chi connectivity index (χ1n) is 7.22. The van der Waals surface area contributed by atoms with Gasteiger partial charge in [-0.05, 0) is 31.8 Å². The van der Waals surface area contributed by atoms with Gasteiger partial charge in [-0.3, -0.25) is 0 Å². The zero-order chi connectivity index (χ0) is 13.9. The van der Waals surface area contributed by atoms with Gasteiger partial charge in [0.05, 0.1) is 5.69 Å². The van der Waals surface area contributed by atoms with Crippen LogP contribution in [0.3, 0.4) is 0 Å². The SMILES string of the molecule is CNCc1cc2ccccc2c(N2CC=C(C)CC2)n1. The zero-order valence-corrected chi connectivity index (χ0v) is 12.2. The van der Waals surface area contributed by atoms with Crippen LogP contribution in [0, 0.1) is 0 Å². The predicted octanol–water partition coefficient (Wildman–Crippen LogP) is 3.11. The molecule has 1 aliphatic rings. The fourth-order valence-corrected chi connectivity index (χ4v) is 2.71. The van der Waals surface area contributed by atoms with Crippen LogP contribution in [0.15, 0.2) is 42.0 Å². The van der Waals surface area contributed by atoms with Crippen molar-refractivity contribution in [2.75, 3.05) is 25.0 Å². The molecule has 104 valence electrons. The number of hydrogen-bond donors (Lipinski definition) is 1. The Hall–Kier alpha value is -1.87. The minimum atomic E-state index is 0.806. The lowest BCUT2D eigenvalue weighted by Crippen LogP contribution is -2.29. The minimum Gasteiger partial charge on any atom is -0.352 e. The molecule has 3 nitrogen and oxygen atoms in total. The number of rotatable bonds is 3. The molecule has 1 aromatic carbocycles. The molecule has 3 heteroatoms. The molecule has 0 unspecified atom stereocenters. The molecular weight excluding hydrogens is 246 g/mol. The van der Waals surface area contributed by atoms with E-state index in [1.54, 1.807) is 0 Å². The molecule has 3 rings (SSSR count). The third kappa shape index (κ3) is 2.54. The highest BCUT2D eigenvalue weighted by Crippen LogP contribution is 2.27. The van der Waals surface area contributed by atoms with Gasteiger partial charge < -0.3 is 10.2 Å². The Kier molecular flexibility index (Phi) is 3.70. The molecule has 0 spiro atoms. The molecule has 0 saturated heterocycles. The molecule has 2 heterocycles. The Bertz CT molecular complexity index is 646. The van der Waals surface area contributed by atoms with Crippen LogP contribution in [0.25, 0.3) is 10.8 Å². The summed E-state index contributed by atoms with van der Waals surface area (Å²) in [6, 6.07) is 10.7. The molecule has 1 N–H and O–H groups in total. The molecule has 1 aromatic heterocycles. The van der Waals surface area contributed by atoms with Gasteiger partial charge in [-0.2, -0.15) is 0 Å². The van der Waals surface area contributed by atoms with Crippen molar-refractivity contribution in [3.05, 3.63) is 47.7 Å². The second-order valence-electron chi connectivity index (χ2n) is 5.44. The van der Waals surface area contributed by atoms with Crippen molar-refractivity contribution in [1.82, 2.24) is 10.3 Å². The van der Waals surface area contributed by atoms with E-state index < -0.39 is 0 Å². The van der Waals surface area contributed by atoms with Gasteiger partial charge in [-0.25, -0.2) is 4.98 Å². The monoisotopic (exact) mass is 267 g/mol. The number of pyridine rings is 1. The maximum atomic E-state index is 4.87. The molecule has 0 fully saturated rings. The summed E-state index contributed by atoms with van der Waals surface area (Å²) in [7, 11) is 1.96. The average molecular weight is 267 g/mol. The van der Waals surface area contributed by atoms with E-state index in [1.807, 2.05) is 7.05 Å². The van der Waals surface area contributed by atoms with Crippen LogP contribution in [-0.4, -0.2) is 25.1 Å². The summed E-state index contributed by atoms with van der Waals surface area (Å²) in [5.41, 5.74) is 2.59. The van der Waals surface area contributed by atoms with Crippen LogP contribution in [0.1, 0.15) is 19.0 Å². The van der Waals surface area contributed by atoms with Crippen LogP contribution in [0.5, 0.6) is 0 Å². The van der Waals surface area contributed by atoms with Gasteiger partial charge in [0.2, 0.25) is 0 Å². The van der Waals surface area contributed by atoms with Gasteiger partial charge in [0.1, 0.15) is 5.82 Å². The number of anilines is 1. The normalized spacial score (nSPS) is 15.5. The summed E-state index contributed by atoms with van der Waals surface area (Å²) in [5, 5.41) is 5.72. The van der Waals surface area contributed by atoms with Gasteiger partial charge in [-0.1, -0.05) is 35.9 Å². The first-order chi connectivity index (χ1) is 9.78. The lowest BCUT2D eigenvalue weighted by molar-refractivity contribution is 0.759. The fraction of sp³-hybridized carbons (Fsp3) is 0.353. The van der Waals surface area contributed by atoms with Gasteiger partial charge in [0.25, 0.3) is 0 Å². The average Bonchev–Trinajstić information content (AvgIpc) is 2.48. The molecule has 0 aliphatic carbocycles. The van der Waals surface area contributed by atoms with E-state index in [1.165, 1.54) is 16.3 Å². The van der Waals surface area contributed by atoms with Gasteiger partial charge >= 0.3 is 0 Å². The van der Waals surface area contributed by atoms with Crippen LogP contribution in [0.2, 0.25) is 0 Å². The van der Waals surface area contributed by atoms with Gasteiger partial charge in [0.15, 0.2) is 0 Å². The number of hydrogen-bond acceptors (Lipinski definition) is 3. The third-order valence-corrected chi connectivity index (χ3v) is 3.87. The highest BCUT2D eigenvalue weighted by molar-refractivity contribution is 5.92. The van der Waals surface area contributed by atoms with Gasteiger partial charge in [0, 0.05) is 25.0 Å². The molecule has 0 radical (unpaired) electrons. The number of aromatic nitrogens is 1. The Morgan fingerprint density at radius 3 is 2.90 bits per heavy atom. The summed E-state index contributed by atoms with van der Waals surface area (Å²) >= 11 is 0. The fourth-order valence-electron chi connectivity index (χ4n) is 2.71. The van der Waals surface area contributed by atoms with Crippen molar-refractivity contribution in [3.8, 4) is 0 Å². The van der Waals surface area contributed by atoms with E-state index >= 15 is 0 Å². The summed E-state index contributed by atoms with van der Waals surface area (Å²) < 4.78 is 0. The molecule has 2 aromatic rings. The Labute approximate surface area is 120 Å². The number of benzene rings is 1. The number of nitrogens with one attached hydrogen (secondary N) is 1. The quantitative estimate of drug-likeness (QED) is 0.866. The van der Waals surface area contributed by atoms with Crippen LogP contribution < -0.4 is 10.2 Å². The lowest BCUT2D eigenvalue weighted by Gasteiger charge is -2.28. The number of fused-ring (bicyclic) bond motifs is 1. The highest BCUT2D eigenvalue weighted by Gasteiger charge is 2.15. The minimum absolute atomic E-state index is 0.806. The van der Waals surface area contributed by atoms with Crippen LogP contribution in [0.4, 0.5) is 5.82 Å². The molecule has 1 aliphatic heterocycles. The number of nitrogens with zero attached hydrogens (tertiary/aromatic N) is 2. The van der Waals surface area contributed by atoms with E-state index in [0.29, 0.717) is 0 Å². The smallest absolute Gasteiger partial charge is 0.137 e. The van der Waals surface area contributed by atoms with E-state index in [0.717, 1.165) is 37.6 Å². The van der Waals surface area contributed by atoms with Crippen molar-refractivity contribution in [1.29, 1.82) is 0 Å². The second-order valence-corrected chi connectivity index (χ2v) is 5.44. The largest absolute Gasteiger partial charge is 0.352 e. The Morgan fingerprint density at radius 1 is 1.30 bits per heavy atom. The van der Waals surface area contributed by atoms with Crippen LogP contribution >= 0.6 is 0 Å². The Morgan fingerprint density at radius 2 is 2.15 bits per heavy atom. The van der Waals surface area contributed by atoms with E-state index in [4.69, 9.17) is 4.98 Å². The first kappa shape index (κ1) is 13.1. The maximum absolute atomic E-state index is 4.87. The first-order valence-corrected chi connectivity index (χ1v) is 7.22. The summed E-state index contributed by atoms with van der Waals surface area (Å²) in [6.07, 6.45) is 3.44. The molecular formula is C17H21N3. The van der Waals surface area contributed by atoms with Crippen molar-refractivity contribution in [2.45, 2.75) is 19.9 Å². The van der Waals surface area contributed by atoms with E-state index in [9.17, 15) is 0 Å². The van der Waals surface area contributed by atoms with Gasteiger partial charge in [-0.15, -0.1) is 0 Å². The molecule has 0 bridgehead atoms. The zero-order valence-electron chi connectivity index (χ0n) is 12.2. The van der Waals surface area contributed by atoms with E-state index in [2.05, 4.69) is 53.5 Å². The molecule has 0 saturated carbocycles. The second kappa shape index (κ2) is 5.63. The van der Waals surface area contributed by atoms with Crippen molar-refractivity contribution < 1.29 is 0 Å². The molecule has 20 heavy (non-hydrogen) atoms. The van der Waals surface area contributed by atoms with Crippen molar-refractivity contribution in [3.63, 3.8) is 0 Å². The standard InChI is InChI=1S/C17H21N3/c1-13-7-9-20(10-8-13)17-16-6-4-3-5-14(16)11-15(19-17)12-18-2/h3-7,11,18H,8-10,12H2,1-2H3. The maximum Gasteiger partial charge on any atom is 0.137 e. The Balaban J connectivity index is 2.07. The molecule has 0 amide bonds. The third-order valence-electron chi connectivity index (χ3n) is 3.87. The van der Waals surface area contributed by atoms with Crippen molar-refractivity contribution in [2.24, 2.45) is 0 Å². The van der Waals surface area contributed by atoms with Crippen LogP contribution in [-0.2, 0) is 6.54 Å². The summed E-state index contributed by atoms with van der Waals surface area (Å²) in [6.45, 7) is 5.04. The lowest BCUT2D eigenvalue weighted by atomic mass is 10.1.